The predicted octanol–water partition coefficient (Wildman–Crippen LogP) is 18.2. The number of nitrogens with zero attached hydrogens (tertiary/aromatic N) is 2. The Morgan fingerprint density at radius 1 is 0.232 bits per heavy atom. The molecule has 0 N–H and O–H groups in total. The lowest BCUT2D eigenvalue weighted by Crippen LogP contribution is -1.96. The van der Waals surface area contributed by atoms with Crippen molar-refractivity contribution in [1.29, 1.82) is 0 Å². The van der Waals surface area contributed by atoms with Crippen molar-refractivity contribution in [1.82, 2.24) is 9.13 Å². The third-order valence-corrected chi connectivity index (χ3v) is 14.7. The molecule has 0 unspecified atom stereocenters. The number of furan rings is 1. The van der Waals surface area contributed by atoms with Gasteiger partial charge in [-0.3, -0.25) is 0 Å². The highest BCUT2D eigenvalue weighted by Gasteiger charge is 2.22. The molecule has 15 aromatic rings. The highest BCUT2D eigenvalue weighted by Crippen LogP contribution is 2.46. The smallest absolute Gasteiger partial charge is 0.138 e. The van der Waals surface area contributed by atoms with Gasteiger partial charge < -0.3 is 13.6 Å². The number of fused-ring (bicyclic) bond motifs is 15. The Labute approximate surface area is 396 Å². The number of hydrogen-bond donors (Lipinski definition) is 0. The second kappa shape index (κ2) is 14.7. The van der Waals surface area contributed by atoms with Gasteiger partial charge in [0.15, 0.2) is 0 Å². The predicted molar refractivity (Wildman–Crippen MR) is 291 cm³/mol. The van der Waals surface area contributed by atoms with Gasteiger partial charge in [-0.2, -0.15) is 0 Å². The second-order valence-electron chi connectivity index (χ2n) is 18.4. The van der Waals surface area contributed by atoms with Crippen LogP contribution in [0.1, 0.15) is 0 Å². The van der Waals surface area contributed by atoms with Crippen LogP contribution in [-0.2, 0) is 0 Å². The largest absolute Gasteiger partial charge is 0.456 e. The van der Waals surface area contributed by atoms with E-state index in [0.29, 0.717) is 0 Å². The van der Waals surface area contributed by atoms with E-state index < -0.39 is 0 Å². The fourth-order valence-electron chi connectivity index (χ4n) is 11.7. The number of hydrogen-bond acceptors (Lipinski definition) is 1. The molecule has 320 valence electrons. The molecule has 12 aromatic carbocycles. The summed E-state index contributed by atoms with van der Waals surface area (Å²) < 4.78 is 11.6. The monoisotopic (exact) mass is 876 g/mol. The van der Waals surface area contributed by atoms with Gasteiger partial charge in [-0.05, 0) is 132 Å². The van der Waals surface area contributed by atoms with Gasteiger partial charge in [-0.25, -0.2) is 0 Å². The van der Waals surface area contributed by atoms with E-state index in [9.17, 15) is 0 Å². The molecule has 0 saturated carbocycles. The Morgan fingerprint density at radius 3 is 1.32 bits per heavy atom. The summed E-state index contributed by atoms with van der Waals surface area (Å²) in [4.78, 5) is 0. The summed E-state index contributed by atoms with van der Waals surface area (Å²) in [7, 11) is 0. The maximum atomic E-state index is 6.83. The lowest BCUT2D eigenvalue weighted by molar-refractivity contribution is 0.668. The molecule has 0 aliphatic heterocycles. The minimum Gasteiger partial charge on any atom is -0.456 e. The Balaban J connectivity index is 0.933. The molecule has 0 spiro atoms. The van der Waals surface area contributed by atoms with Crippen molar-refractivity contribution in [2.75, 3.05) is 0 Å². The van der Waals surface area contributed by atoms with Gasteiger partial charge in [-0.1, -0.05) is 170 Å². The number of benzene rings is 12. The van der Waals surface area contributed by atoms with Crippen LogP contribution in [-0.4, -0.2) is 9.13 Å². The molecule has 69 heavy (non-hydrogen) atoms. The van der Waals surface area contributed by atoms with Crippen LogP contribution >= 0.6 is 0 Å². The Morgan fingerprint density at radius 2 is 0.681 bits per heavy atom. The van der Waals surface area contributed by atoms with E-state index in [0.717, 1.165) is 55.5 Å². The van der Waals surface area contributed by atoms with Crippen molar-refractivity contribution in [3.63, 3.8) is 0 Å². The van der Waals surface area contributed by atoms with Crippen LogP contribution in [0.15, 0.2) is 247 Å². The van der Waals surface area contributed by atoms with Crippen molar-refractivity contribution in [2.24, 2.45) is 0 Å². The number of aromatic nitrogens is 2. The van der Waals surface area contributed by atoms with Crippen molar-refractivity contribution < 1.29 is 4.42 Å². The molecule has 0 amide bonds. The van der Waals surface area contributed by atoms with Gasteiger partial charge >= 0.3 is 0 Å². The molecule has 0 saturated heterocycles. The number of rotatable bonds is 5. The zero-order valence-electron chi connectivity index (χ0n) is 37.4. The second-order valence-corrected chi connectivity index (χ2v) is 18.4. The summed E-state index contributed by atoms with van der Waals surface area (Å²) in [5.74, 6) is 0. The minimum atomic E-state index is 0.861. The molecular formula is C66H40N2O. The zero-order valence-corrected chi connectivity index (χ0v) is 37.4. The molecule has 0 radical (unpaired) electrons. The van der Waals surface area contributed by atoms with Crippen LogP contribution < -0.4 is 0 Å². The molecule has 0 atom stereocenters. The topological polar surface area (TPSA) is 23.0 Å². The van der Waals surface area contributed by atoms with E-state index in [1.54, 1.807) is 0 Å². The molecule has 3 aromatic heterocycles. The summed E-state index contributed by atoms with van der Waals surface area (Å²) >= 11 is 0. The maximum Gasteiger partial charge on any atom is 0.138 e. The standard InChI is InChI=1S/C66H40N2O/c1-2-16-44(17-3-1)67-60-27-13-10-24-53(60)57-36-41(31-34-62(57)67)42-32-35-63-58(37-42)54-25-11-14-28-61(54)68(63)45-39-59(66-55-26-12-15-29-64(55)69-65(66)40-45)47-19-5-4-18-46(47)43-30-33-52-50-22-7-6-20-48(50)49-21-8-9-23-51(49)56(52)38-43/h1-40H. The van der Waals surface area contributed by atoms with Crippen molar-refractivity contribution in [3.8, 4) is 44.8 Å². The summed E-state index contributed by atoms with van der Waals surface area (Å²) in [6.07, 6.45) is 0. The molecule has 0 bridgehead atoms. The van der Waals surface area contributed by atoms with Gasteiger partial charge in [0, 0.05) is 44.1 Å². The van der Waals surface area contributed by atoms with Crippen LogP contribution in [0, 0.1) is 0 Å². The van der Waals surface area contributed by atoms with E-state index in [1.807, 2.05) is 0 Å². The van der Waals surface area contributed by atoms with E-state index in [2.05, 4.69) is 252 Å². The van der Waals surface area contributed by atoms with Crippen molar-refractivity contribution in [2.45, 2.75) is 0 Å². The van der Waals surface area contributed by atoms with Crippen LogP contribution in [0.2, 0.25) is 0 Å². The summed E-state index contributed by atoms with van der Waals surface area (Å²) in [5, 5.41) is 14.7. The van der Waals surface area contributed by atoms with Crippen LogP contribution in [0.25, 0.3) is 143 Å². The van der Waals surface area contributed by atoms with Crippen molar-refractivity contribution >= 4 is 97.9 Å². The van der Waals surface area contributed by atoms with Gasteiger partial charge in [0.1, 0.15) is 11.2 Å². The third kappa shape index (κ3) is 5.62. The molecule has 15 rings (SSSR count). The van der Waals surface area contributed by atoms with Crippen molar-refractivity contribution in [3.05, 3.63) is 243 Å². The van der Waals surface area contributed by atoms with Crippen LogP contribution in [0.5, 0.6) is 0 Å². The first-order valence-electron chi connectivity index (χ1n) is 23.7. The fraction of sp³-hybridized carbons (Fsp3) is 0. The average molecular weight is 877 g/mol. The quantitative estimate of drug-likeness (QED) is 0.158. The van der Waals surface area contributed by atoms with Gasteiger partial charge in [-0.15, -0.1) is 0 Å². The highest BCUT2D eigenvalue weighted by atomic mass is 16.3. The fourth-order valence-corrected chi connectivity index (χ4v) is 11.7. The normalized spacial score (nSPS) is 12.1. The third-order valence-electron chi connectivity index (χ3n) is 14.7. The summed E-state index contributed by atoms with van der Waals surface area (Å²) in [6, 6.07) is 88.8. The average Bonchev–Trinajstić information content (AvgIpc) is 4.08. The van der Waals surface area contributed by atoms with Crippen LogP contribution in [0.3, 0.4) is 0 Å². The van der Waals surface area contributed by atoms with E-state index in [4.69, 9.17) is 4.42 Å². The molecule has 3 nitrogen and oxygen atoms in total. The SMILES string of the molecule is c1ccc(-n2c3ccccc3c3cc(-c4ccc5c(c4)c4ccccc4n5-c4cc(-c5ccccc5-c5ccc6c7ccccc7c7ccccc7c6c5)c5c(c4)oc4ccccc45)ccc32)cc1. The molecular weight excluding hydrogens is 837 g/mol. The lowest BCUT2D eigenvalue weighted by Gasteiger charge is -2.16. The first-order chi connectivity index (χ1) is 34.2. The first-order valence-corrected chi connectivity index (χ1v) is 23.7. The molecule has 3 heterocycles. The van der Waals surface area contributed by atoms with Gasteiger partial charge in [0.25, 0.3) is 0 Å². The highest BCUT2D eigenvalue weighted by molar-refractivity contribution is 6.26. The van der Waals surface area contributed by atoms with E-state index in [-0.39, 0.29) is 0 Å². The molecule has 0 aliphatic rings. The first kappa shape index (κ1) is 38.0. The Kier molecular flexibility index (Phi) is 8.07. The maximum absolute atomic E-state index is 6.83. The summed E-state index contributed by atoms with van der Waals surface area (Å²) in [6.45, 7) is 0. The zero-order chi connectivity index (χ0) is 45.2. The molecule has 0 fully saturated rings. The minimum absolute atomic E-state index is 0.861. The van der Waals surface area contributed by atoms with Gasteiger partial charge in [0.2, 0.25) is 0 Å². The van der Waals surface area contributed by atoms with Gasteiger partial charge in [0.05, 0.1) is 27.8 Å². The number of para-hydroxylation sites is 4. The molecule has 0 aliphatic carbocycles. The Hall–Kier alpha value is -9.18. The lowest BCUT2D eigenvalue weighted by atomic mass is 9.88. The Bertz CT molecular complexity index is 4570. The molecule has 3 heteroatoms. The van der Waals surface area contributed by atoms with E-state index >= 15 is 0 Å². The summed E-state index contributed by atoms with van der Waals surface area (Å²) in [5.41, 5.74) is 15.7. The van der Waals surface area contributed by atoms with E-state index in [1.165, 1.54) is 87.1 Å². The van der Waals surface area contributed by atoms with Crippen LogP contribution in [0.4, 0.5) is 0 Å².